The van der Waals surface area contributed by atoms with Gasteiger partial charge in [-0.1, -0.05) is 132 Å². The Kier molecular flexibility index (Phi) is 44.6. The van der Waals surface area contributed by atoms with Crippen LogP contribution in [0.1, 0.15) is 117 Å². The normalized spacial score (nSPS) is 11.0. The number of hydrogen-bond donors (Lipinski definition) is 0. The van der Waals surface area contributed by atoms with E-state index in [1.165, 1.54) is 86.0 Å². The number of hydrogen-bond acceptors (Lipinski definition) is 19. The number of ether oxygens (including phenoxy) is 3. The molecule has 0 aliphatic heterocycles. The van der Waals surface area contributed by atoms with E-state index >= 15 is 0 Å². The molecule has 0 aliphatic rings. The maximum Gasteiger partial charge on any atom is 0.128 e. The average Bonchev–Trinajstić information content (AvgIpc) is 0.804. The van der Waals surface area contributed by atoms with E-state index in [2.05, 4.69) is 154 Å². The lowest BCUT2D eigenvalue weighted by molar-refractivity contribution is 0.412. The van der Waals surface area contributed by atoms with Crippen molar-refractivity contribution >= 4 is 126 Å². The van der Waals surface area contributed by atoms with Crippen LogP contribution in [-0.4, -0.2) is 21.3 Å². The van der Waals surface area contributed by atoms with Crippen molar-refractivity contribution in [3.8, 4) is 17.2 Å². The number of aryl methyl sites for hydroxylation is 21. The SMILES string of the molecule is COc1cc(N=Nc2ccc(C)c(C)c2)ccc1C.COc1cc(N=Nc2ccc(C)c(Cl)c2)ccc1C.COc1cc(N=Nc2ccc(C)c(F)c2)ccc1C.Cc1ccc(N=Nc2ccc(C)c(C)c2)cc1C.Cc1ccc(N=Nc2ccc(C)c(Cl)c2)cc1Cl.Cc1ccc(N=Nc2ccc(C)c(F)c2)cc1C.Cc1ccc(N=Nc2ccc(C)c(F)c2)cc1C.Cc1ccc(N=Nc2ccc(C)c(F)c2)cc1F. The van der Waals surface area contributed by atoms with Crippen molar-refractivity contribution in [1.29, 1.82) is 0 Å². The minimum absolute atomic E-state index is 0.258. The lowest BCUT2D eigenvalue weighted by Crippen LogP contribution is -1.85. The Bertz CT molecular complexity index is 6370. The molecule has 0 fully saturated rings. The molecule has 0 bridgehead atoms. The Morgan fingerprint density at radius 1 is 0.136 bits per heavy atom. The second-order valence-electron chi connectivity index (χ2n) is 34.9. The third kappa shape index (κ3) is 37.7. The van der Waals surface area contributed by atoms with Gasteiger partial charge in [-0.2, -0.15) is 81.8 Å². The van der Waals surface area contributed by atoms with Crippen LogP contribution in [0.25, 0.3) is 0 Å². The predicted molar refractivity (Wildman–Crippen MR) is 590 cm³/mol. The van der Waals surface area contributed by atoms with Crippen LogP contribution in [0.4, 0.5) is 113 Å². The number of rotatable bonds is 19. The number of nitrogens with zero attached hydrogens (tertiary/aromatic N) is 16. The minimum Gasteiger partial charge on any atom is -0.496 e. The molecule has 0 saturated heterocycles. The van der Waals surface area contributed by atoms with Crippen molar-refractivity contribution in [1.82, 2.24) is 0 Å². The molecule has 147 heavy (non-hydrogen) atoms. The highest BCUT2D eigenvalue weighted by molar-refractivity contribution is 6.32. The monoisotopic (exact) mass is 2030 g/mol. The van der Waals surface area contributed by atoms with Gasteiger partial charge in [-0.25, -0.2) is 22.0 Å². The van der Waals surface area contributed by atoms with E-state index in [-0.39, 0.29) is 29.1 Å². The van der Waals surface area contributed by atoms with E-state index in [9.17, 15) is 22.0 Å². The first-order valence-corrected chi connectivity index (χ1v) is 48.0. The maximum atomic E-state index is 13.4. The highest BCUT2D eigenvalue weighted by Crippen LogP contribution is 2.36. The van der Waals surface area contributed by atoms with E-state index in [0.29, 0.717) is 77.0 Å². The lowest BCUT2D eigenvalue weighted by Gasteiger charge is -2.04. The molecule has 0 aliphatic carbocycles. The third-order valence-corrected chi connectivity index (χ3v) is 24.3. The molecule has 16 rings (SSSR count). The Balaban J connectivity index is 0.000000187. The zero-order valence-corrected chi connectivity index (χ0v) is 89.4. The van der Waals surface area contributed by atoms with Gasteiger partial charge in [-0.3, -0.25) is 0 Å². The van der Waals surface area contributed by atoms with Crippen molar-refractivity contribution in [2.24, 2.45) is 81.8 Å². The van der Waals surface area contributed by atoms with Crippen LogP contribution in [0.15, 0.2) is 373 Å². The molecule has 16 aromatic carbocycles. The zero-order chi connectivity index (χ0) is 107. The second kappa shape index (κ2) is 57.1. The van der Waals surface area contributed by atoms with Gasteiger partial charge in [-0.05, 0) is 408 Å². The van der Waals surface area contributed by atoms with Gasteiger partial charge in [0.2, 0.25) is 0 Å². The molecule has 0 heterocycles. The summed E-state index contributed by atoms with van der Waals surface area (Å²) in [6, 6.07) is 87.4. The van der Waals surface area contributed by atoms with Crippen molar-refractivity contribution < 1.29 is 36.2 Å². The van der Waals surface area contributed by atoms with Crippen LogP contribution in [0, 0.1) is 174 Å². The van der Waals surface area contributed by atoms with Crippen LogP contribution in [0.5, 0.6) is 17.2 Å². The quantitative estimate of drug-likeness (QED) is 0.0569. The molecule has 19 nitrogen and oxygen atoms in total. The van der Waals surface area contributed by atoms with Crippen LogP contribution in [0.2, 0.25) is 15.1 Å². The van der Waals surface area contributed by atoms with E-state index in [1.54, 1.807) is 141 Å². The molecule has 0 spiro atoms. The third-order valence-electron chi connectivity index (χ3n) is 23.1. The summed E-state index contributed by atoms with van der Waals surface area (Å²) in [7, 11) is 4.91. The summed E-state index contributed by atoms with van der Waals surface area (Å²) in [4.78, 5) is 0. The summed E-state index contributed by atoms with van der Waals surface area (Å²) >= 11 is 18.1. The summed E-state index contributed by atoms with van der Waals surface area (Å²) in [5.74, 6) is 0.931. The molecule has 0 amide bonds. The van der Waals surface area contributed by atoms with Crippen LogP contribution in [0.3, 0.4) is 0 Å². The molecular weight excluding hydrogens is 1910 g/mol. The molecule has 0 radical (unpaired) electrons. The van der Waals surface area contributed by atoms with Gasteiger partial charge in [0, 0.05) is 63.6 Å². The van der Waals surface area contributed by atoms with Crippen LogP contribution < -0.4 is 14.2 Å². The first kappa shape index (κ1) is 115. The Labute approximate surface area is 874 Å². The van der Waals surface area contributed by atoms with Gasteiger partial charge < -0.3 is 14.2 Å². The smallest absolute Gasteiger partial charge is 0.128 e. The molecular formula is C120H120Cl3F5N16O3. The predicted octanol–water partition coefficient (Wildman–Crippen LogP) is 42.0. The van der Waals surface area contributed by atoms with Crippen molar-refractivity contribution in [2.75, 3.05) is 21.3 Å². The lowest BCUT2D eigenvalue weighted by atomic mass is 10.1. The first-order valence-electron chi connectivity index (χ1n) is 46.8. The summed E-state index contributed by atoms with van der Waals surface area (Å²) in [5.41, 5.74) is 32.4. The topological polar surface area (TPSA) is 225 Å². The van der Waals surface area contributed by atoms with E-state index in [4.69, 9.17) is 49.0 Å². The fourth-order valence-electron chi connectivity index (χ4n) is 12.6. The standard InChI is InChI=1S/C16H18N2O.C16H18N2.C15H15ClN2O.C15H15FN2O.2C15H15FN2.C14H12Cl2N2.C14H12F2N2/c1-11-5-7-14(9-13(11)3)17-18-15-8-6-12(2)16(10-15)19-4;1-11-5-7-15(9-13(11)3)17-18-16-8-6-12(2)14(4)10-16;2*1-10-4-6-12(8-14(10)16)17-18-13-7-5-11(2)15(9-13)19-3;2*1-10-4-6-13(8-12(10)3)17-18-14-7-5-11(2)15(16)9-14;2*1-9-3-5-11(7-13(9)15)17-18-12-6-4-10(2)14(16)8-12/h5-10H,1-4H3;5-10H,1-4H3;2*4-9H,1-3H3;2*4-9H,1-3H3;2*3-8H,1-2H3. The number of halogens is 8. The molecule has 0 aromatic heterocycles. The minimum atomic E-state index is -0.332. The molecule has 0 N–H and O–H groups in total. The van der Waals surface area contributed by atoms with Crippen LogP contribution >= 0.6 is 34.8 Å². The number of benzene rings is 16. The maximum absolute atomic E-state index is 13.4. The van der Waals surface area contributed by atoms with Gasteiger partial charge in [-0.15, -0.1) is 0 Å². The Morgan fingerprint density at radius 3 is 0.381 bits per heavy atom. The summed E-state index contributed by atoms with van der Waals surface area (Å²) in [5, 5.41) is 67.8. The van der Waals surface area contributed by atoms with Gasteiger partial charge >= 0.3 is 0 Å². The summed E-state index contributed by atoms with van der Waals surface area (Å²) < 4.78 is 82.2. The molecule has 16 aromatic rings. The Morgan fingerprint density at radius 2 is 0.252 bits per heavy atom. The van der Waals surface area contributed by atoms with E-state index < -0.39 is 0 Å². The van der Waals surface area contributed by atoms with Crippen LogP contribution in [-0.2, 0) is 0 Å². The molecule has 0 atom stereocenters. The number of azo groups is 8. The molecule has 0 unspecified atom stereocenters. The largest absolute Gasteiger partial charge is 0.496 e. The van der Waals surface area contributed by atoms with Gasteiger partial charge in [0.1, 0.15) is 46.3 Å². The van der Waals surface area contributed by atoms with E-state index in [1.807, 2.05) is 215 Å². The Hall–Kier alpha value is -15.8. The van der Waals surface area contributed by atoms with E-state index in [0.717, 1.165) is 108 Å². The summed E-state index contributed by atoms with van der Waals surface area (Å²) in [6.07, 6.45) is 0. The summed E-state index contributed by atoms with van der Waals surface area (Å²) in [6.45, 7) is 41.0. The molecule has 27 heteroatoms. The highest BCUT2D eigenvalue weighted by atomic mass is 35.5. The van der Waals surface area contributed by atoms with Crippen molar-refractivity contribution in [3.63, 3.8) is 0 Å². The van der Waals surface area contributed by atoms with Gasteiger partial charge in [0.25, 0.3) is 0 Å². The van der Waals surface area contributed by atoms with Gasteiger partial charge in [0.05, 0.1) is 112 Å². The van der Waals surface area contributed by atoms with Crippen molar-refractivity contribution in [2.45, 2.75) is 145 Å². The zero-order valence-electron chi connectivity index (χ0n) is 87.1. The number of methoxy groups -OCH3 is 3. The fourth-order valence-corrected chi connectivity index (χ4v) is 13.2. The van der Waals surface area contributed by atoms with Gasteiger partial charge in [0.15, 0.2) is 0 Å². The molecule has 754 valence electrons. The second-order valence-corrected chi connectivity index (χ2v) is 36.1. The average molecular weight is 2040 g/mol. The molecule has 0 saturated carbocycles. The highest BCUT2D eigenvalue weighted by Gasteiger charge is 2.11. The fraction of sp³-hybridized carbons (Fsp3) is 0.200. The first-order chi connectivity index (χ1) is 70.1. The van der Waals surface area contributed by atoms with Crippen molar-refractivity contribution in [3.05, 3.63) is 452 Å².